The molecule has 0 saturated carbocycles. The smallest absolute Gasteiger partial charge is 0.131 e. The van der Waals surface area contributed by atoms with E-state index in [1.54, 1.807) is 19.1 Å². The van der Waals surface area contributed by atoms with Crippen LogP contribution < -0.4 is 5.32 Å². The fourth-order valence-corrected chi connectivity index (χ4v) is 2.28. The highest BCUT2D eigenvalue weighted by atomic mass is 19.1. The molecule has 21 heavy (non-hydrogen) atoms. The molecule has 0 heterocycles. The van der Waals surface area contributed by atoms with Crippen LogP contribution in [0.1, 0.15) is 36.1 Å². The lowest BCUT2D eigenvalue weighted by Crippen LogP contribution is -2.25. The predicted molar refractivity (Wildman–Crippen MR) is 77.6 cm³/mol. The van der Waals surface area contributed by atoms with Gasteiger partial charge >= 0.3 is 0 Å². The Bertz CT molecular complexity index is 574. The molecule has 1 N–H and O–H groups in total. The van der Waals surface area contributed by atoms with Gasteiger partial charge < -0.3 is 5.32 Å². The molecule has 0 bridgehead atoms. The van der Waals surface area contributed by atoms with Crippen molar-refractivity contribution in [3.05, 3.63) is 70.5 Å². The first-order valence-electron chi connectivity index (χ1n) is 6.97. The highest BCUT2D eigenvalue weighted by Crippen LogP contribution is 2.27. The second-order valence-electron chi connectivity index (χ2n) is 5.08. The zero-order valence-electron chi connectivity index (χ0n) is 12.1. The lowest BCUT2D eigenvalue weighted by molar-refractivity contribution is 0.513. The third kappa shape index (κ3) is 3.64. The van der Waals surface area contributed by atoms with Crippen molar-refractivity contribution in [3.63, 3.8) is 0 Å². The van der Waals surface area contributed by atoms with Gasteiger partial charge in [-0.2, -0.15) is 0 Å². The molecule has 0 amide bonds. The molecule has 0 spiro atoms. The van der Waals surface area contributed by atoms with Crippen LogP contribution in [0.4, 0.5) is 13.2 Å². The summed E-state index contributed by atoms with van der Waals surface area (Å²) in [6.07, 6.45) is 0.826. The molecule has 0 radical (unpaired) electrons. The third-order valence-electron chi connectivity index (χ3n) is 3.34. The molecule has 2 aromatic carbocycles. The Kier molecular flexibility index (Phi) is 5.02. The summed E-state index contributed by atoms with van der Waals surface area (Å²) in [4.78, 5) is 0. The van der Waals surface area contributed by atoms with Gasteiger partial charge in [0.25, 0.3) is 0 Å². The second kappa shape index (κ2) is 6.76. The van der Waals surface area contributed by atoms with Crippen LogP contribution in [0.15, 0.2) is 36.4 Å². The normalized spacial score (nSPS) is 12.4. The van der Waals surface area contributed by atoms with Gasteiger partial charge in [0.15, 0.2) is 0 Å². The summed E-state index contributed by atoms with van der Waals surface area (Å²) in [7, 11) is 0. The minimum absolute atomic E-state index is 0.243. The summed E-state index contributed by atoms with van der Waals surface area (Å²) < 4.78 is 41.3. The van der Waals surface area contributed by atoms with Crippen LogP contribution in [0.2, 0.25) is 0 Å². The number of hydrogen-bond donors (Lipinski definition) is 1. The Morgan fingerprint density at radius 3 is 2.14 bits per heavy atom. The van der Waals surface area contributed by atoms with E-state index in [9.17, 15) is 13.2 Å². The van der Waals surface area contributed by atoms with E-state index in [1.165, 1.54) is 18.2 Å². The maximum Gasteiger partial charge on any atom is 0.131 e. The van der Waals surface area contributed by atoms with E-state index < -0.39 is 23.5 Å². The van der Waals surface area contributed by atoms with Gasteiger partial charge in [-0.1, -0.05) is 25.1 Å². The molecular formula is C17H18F3N. The van der Waals surface area contributed by atoms with Crippen molar-refractivity contribution < 1.29 is 13.2 Å². The summed E-state index contributed by atoms with van der Waals surface area (Å²) in [6.45, 7) is 4.37. The van der Waals surface area contributed by atoms with Gasteiger partial charge in [-0.3, -0.25) is 0 Å². The minimum atomic E-state index is -0.677. The van der Waals surface area contributed by atoms with Gasteiger partial charge in [0.1, 0.15) is 17.5 Å². The van der Waals surface area contributed by atoms with Crippen molar-refractivity contribution in [1.29, 1.82) is 0 Å². The molecule has 0 aliphatic carbocycles. The van der Waals surface area contributed by atoms with E-state index in [-0.39, 0.29) is 5.56 Å². The highest BCUT2D eigenvalue weighted by Gasteiger charge is 2.20. The van der Waals surface area contributed by atoms with Crippen molar-refractivity contribution >= 4 is 0 Å². The Labute approximate surface area is 122 Å². The molecule has 112 valence electrons. The van der Waals surface area contributed by atoms with Crippen molar-refractivity contribution in [3.8, 4) is 0 Å². The summed E-state index contributed by atoms with van der Waals surface area (Å²) in [5, 5.41) is 3.12. The molecule has 4 heteroatoms. The van der Waals surface area contributed by atoms with Crippen LogP contribution in [0, 0.1) is 24.4 Å². The number of aryl methyl sites for hydroxylation is 1. The van der Waals surface area contributed by atoms with Crippen LogP contribution in [-0.2, 0) is 0 Å². The van der Waals surface area contributed by atoms with Gasteiger partial charge in [0.2, 0.25) is 0 Å². The highest BCUT2D eigenvalue weighted by molar-refractivity contribution is 5.35. The first-order chi connectivity index (χ1) is 10.0. The fourth-order valence-electron chi connectivity index (χ4n) is 2.28. The minimum Gasteiger partial charge on any atom is -0.306 e. The summed E-state index contributed by atoms with van der Waals surface area (Å²) in [5.74, 6) is -1.72. The molecule has 2 aromatic rings. The molecule has 0 aliphatic rings. The molecule has 1 nitrogen and oxygen atoms in total. The number of rotatable bonds is 5. The number of nitrogens with one attached hydrogen (secondary N) is 1. The first-order valence-corrected chi connectivity index (χ1v) is 6.97. The quantitative estimate of drug-likeness (QED) is 0.855. The first kappa shape index (κ1) is 15.6. The average Bonchev–Trinajstić information content (AvgIpc) is 2.42. The third-order valence-corrected chi connectivity index (χ3v) is 3.34. The predicted octanol–water partition coefficient (Wildman–Crippen LogP) is 4.50. The maximum atomic E-state index is 14.2. The Balaban J connectivity index is 2.46. The summed E-state index contributed by atoms with van der Waals surface area (Å²) >= 11 is 0. The van der Waals surface area contributed by atoms with Gasteiger partial charge in [-0.25, -0.2) is 13.2 Å². The molecule has 0 aliphatic heterocycles. The summed E-state index contributed by atoms with van der Waals surface area (Å²) in [5.41, 5.74) is 1.40. The molecule has 0 aromatic heterocycles. The van der Waals surface area contributed by atoms with Gasteiger partial charge in [0, 0.05) is 17.2 Å². The van der Waals surface area contributed by atoms with Crippen LogP contribution in [-0.4, -0.2) is 6.54 Å². The standard InChI is InChI=1S/C17H18F3N/c1-3-8-21-17(13-6-4-11(2)9-15(13)19)14-7-5-12(18)10-16(14)20/h4-7,9-10,17,21H,3,8H2,1-2H3. The largest absolute Gasteiger partial charge is 0.306 e. The molecule has 1 unspecified atom stereocenters. The zero-order valence-corrected chi connectivity index (χ0v) is 12.1. The maximum absolute atomic E-state index is 14.2. The van der Waals surface area contributed by atoms with E-state index in [1.807, 2.05) is 6.92 Å². The van der Waals surface area contributed by atoms with Gasteiger partial charge in [-0.15, -0.1) is 0 Å². The average molecular weight is 293 g/mol. The monoisotopic (exact) mass is 293 g/mol. The SMILES string of the molecule is CCCNC(c1ccc(C)cc1F)c1ccc(F)cc1F. The van der Waals surface area contributed by atoms with Gasteiger partial charge in [-0.05, 0) is 37.6 Å². The molecule has 0 fully saturated rings. The van der Waals surface area contributed by atoms with Crippen LogP contribution in [0.3, 0.4) is 0 Å². The molecule has 0 saturated heterocycles. The van der Waals surface area contributed by atoms with Crippen LogP contribution in [0.25, 0.3) is 0 Å². The Morgan fingerprint density at radius 2 is 1.57 bits per heavy atom. The number of benzene rings is 2. The number of halogens is 3. The van der Waals surface area contributed by atoms with E-state index >= 15 is 0 Å². The van der Waals surface area contributed by atoms with E-state index in [0.717, 1.165) is 18.1 Å². The number of hydrogen-bond acceptors (Lipinski definition) is 1. The van der Waals surface area contributed by atoms with Crippen LogP contribution >= 0.6 is 0 Å². The Hall–Kier alpha value is -1.81. The van der Waals surface area contributed by atoms with E-state index in [2.05, 4.69) is 5.32 Å². The van der Waals surface area contributed by atoms with E-state index in [0.29, 0.717) is 12.1 Å². The lowest BCUT2D eigenvalue weighted by Gasteiger charge is -2.21. The topological polar surface area (TPSA) is 12.0 Å². The van der Waals surface area contributed by atoms with E-state index in [4.69, 9.17) is 0 Å². The van der Waals surface area contributed by atoms with Crippen molar-refractivity contribution in [2.75, 3.05) is 6.54 Å². The Morgan fingerprint density at radius 1 is 0.952 bits per heavy atom. The molecule has 1 atom stereocenters. The molecule has 2 rings (SSSR count). The summed E-state index contributed by atoms with van der Waals surface area (Å²) in [6, 6.07) is 7.56. The second-order valence-corrected chi connectivity index (χ2v) is 5.08. The van der Waals surface area contributed by atoms with Crippen molar-refractivity contribution in [2.45, 2.75) is 26.3 Å². The van der Waals surface area contributed by atoms with Crippen LogP contribution in [0.5, 0.6) is 0 Å². The van der Waals surface area contributed by atoms with Crippen molar-refractivity contribution in [2.24, 2.45) is 0 Å². The fraction of sp³-hybridized carbons (Fsp3) is 0.294. The zero-order chi connectivity index (χ0) is 15.4. The van der Waals surface area contributed by atoms with Crippen molar-refractivity contribution in [1.82, 2.24) is 5.32 Å². The molecular weight excluding hydrogens is 275 g/mol. The lowest BCUT2D eigenvalue weighted by atomic mass is 9.96. The van der Waals surface area contributed by atoms with Gasteiger partial charge in [0.05, 0.1) is 6.04 Å².